The van der Waals surface area contributed by atoms with Crippen molar-refractivity contribution in [1.29, 1.82) is 0 Å². The van der Waals surface area contributed by atoms with E-state index in [1.807, 2.05) is 0 Å². The van der Waals surface area contributed by atoms with E-state index >= 15 is 0 Å². The van der Waals surface area contributed by atoms with Crippen molar-refractivity contribution in [2.24, 2.45) is 34.5 Å². The number of esters is 2. The number of hydrogen-bond acceptors (Lipinski definition) is 5. The topological polar surface area (TPSA) is 72.8 Å². The summed E-state index contributed by atoms with van der Waals surface area (Å²) in [5, 5.41) is 11.4. The van der Waals surface area contributed by atoms with Crippen LogP contribution in [0.2, 0.25) is 0 Å². The molecule has 1 N–H and O–H groups in total. The summed E-state index contributed by atoms with van der Waals surface area (Å²) in [6.07, 6.45) is 12.4. The van der Waals surface area contributed by atoms with Gasteiger partial charge in [-0.2, -0.15) is 0 Å². The zero-order valence-electron chi connectivity index (χ0n) is 19.4. The third-order valence-corrected chi connectivity index (χ3v) is 9.35. The van der Waals surface area contributed by atoms with Gasteiger partial charge in [0.05, 0.1) is 0 Å². The molecule has 0 aromatic carbocycles. The predicted octanol–water partition coefficient (Wildman–Crippen LogP) is 4.03. The Bertz CT molecular complexity index is 854. The summed E-state index contributed by atoms with van der Waals surface area (Å²) in [6.45, 7) is 9.57. The number of carbonyl (C=O) groups excluding carboxylic acids is 2. The highest BCUT2D eigenvalue weighted by Gasteiger charge is 2.67. The molecule has 0 amide bonds. The SMILES string of the molecule is C#C[C@]1(O)CC[C@H]2C3C(C)C=C4CC(OC(C)=O)CCC4(C)C3[C@H](OC(C)=O)CC21C. The van der Waals surface area contributed by atoms with Crippen LogP contribution < -0.4 is 0 Å². The van der Waals surface area contributed by atoms with Gasteiger partial charge >= 0.3 is 11.9 Å². The largest absolute Gasteiger partial charge is 0.462 e. The van der Waals surface area contributed by atoms with E-state index in [0.717, 1.165) is 25.7 Å². The Labute approximate surface area is 185 Å². The molecule has 3 fully saturated rings. The number of terminal acetylenes is 1. The number of rotatable bonds is 2. The molecule has 4 aliphatic rings. The summed E-state index contributed by atoms with van der Waals surface area (Å²) in [7, 11) is 0. The van der Waals surface area contributed by atoms with Gasteiger partial charge in [0, 0.05) is 31.6 Å². The number of fused-ring (bicyclic) bond motifs is 5. The lowest BCUT2D eigenvalue weighted by Crippen LogP contribution is -2.61. The van der Waals surface area contributed by atoms with Gasteiger partial charge in [0.25, 0.3) is 0 Å². The average molecular weight is 429 g/mol. The number of aliphatic hydroxyl groups is 1. The molecule has 0 heterocycles. The quantitative estimate of drug-likeness (QED) is 0.408. The molecule has 4 rings (SSSR count). The molecular formula is C26H36O5. The second-order valence-electron chi connectivity index (χ2n) is 11.0. The van der Waals surface area contributed by atoms with Crippen LogP contribution >= 0.6 is 0 Å². The van der Waals surface area contributed by atoms with E-state index in [9.17, 15) is 14.7 Å². The molecule has 0 saturated heterocycles. The van der Waals surface area contributed by atoms with E-state index in [4.69, 9.17) is 15.9 Å². The lowest BCUT2D eigenvalue weighted by Gasteiger charge is -2.62. The highest BCUT2D eigenvalue weighted by Crippen LogP contribution is 2.68. The lowest BCUT2D eigenvalue weighted by atomic mass is 9.44. The first-order valence-corrected chi connectivity index (χ1v) is 11.7. The maximum absolute atomic E-state index is 12.1. The first kappa shape index (κ1) is 22.4. The van der Waals surface area contributed by atoms with Gasteiger partial charge in [-0.1, -0.05) is 38.3 Å². The molecular weight excluding hydrogens is 392 g/mol. The van der Waals surface area contributed by atoms with Gasteiger partial charge in [0.1, 0.15) is 17.8 Å². The Kier molecular flexibility index (Phi) is 5.33. The Balaban J connectivity index is 1.77. The van der Waals surface area contributed by atoms with Crippen molar-refractivity contribution in [3.63, 3.8) is 0 Å². The molecule has 31 heavy (non-hydrogen) atoms. The van der Waals surface area contributed by atoms with Gasteiger partial charge in [0.15, 0.2) is 0 Å². The number of allylic oxidation sites excluding steroid dienone is 1. The fourth-order valence-electron chi connectivity index (χ4n) is 7.95. The van der Waals surface area contributed by atoms with Gasteiger partial charge in [-0.05, 0) is 55.3 Å². The molecule has 170 valence electrons. The zero-order valence-corrected chi connectivity index (χ0v) is 19.4. The summed E-state index contributed by atoms with van der Waals surface area (Å²) < 4.78 is 11.5. The molecule has 0 bridgehead atoms. The number of carbonyl (C=O) groups is 2. The summed E-state index contributed by atoms with van der Waals surface area (Å²) in [5.41, 5.74) is -0.441. The predicted molar refractivity (Wildman–Crippen MR) is 117 cm³/mol. The molecule has 4 aliphatic carbocycles. The molecule has 0 aliphatic heterocycles. The van der Waals surface area contributed by atoms with Crippen LogP contribution in [-0.2, 0) is 19.1 Å². The van der Waals surface area contributed by atoms with Crippen LogP contribution in [0.4, 0.5) is 0 Å². The molecule has 5 nitrogen and oxygen atoms in total. The van der Waals surface area contributed by atoms with E-state index < -0.39 is 11.0 Å². The smallest absolute Gasteiger partial charge is 0.302 e. The van der Waals surface area contributed by atoms with E-state index in [0.29, 0.717) is 12.8 Å². The molecule has 0 spiro atoms. The average Bonchev–Trinajstić information content (AvgIpc) is 2.93. The number of hydrogen-bond donors (Lipinski definition) is 1. The normalized spacial score (nSPS) is 48.4. The Morgan fingerprint density at radius 1 is 1.16 bits per heavy atom. The van der Waals surface area contributed by atoms with E-state index in [2.05, 4.69) is 32.8 Å². The van der Waals surface area contributed by atoms with Crippen LogP contribution in [0.15, 0.2) is 11.6 Å². The molecule has 9 atom stereocenters. The molecule has 0 aromatic rings. The van der Waals surface area contributed by atoms with E-state index in [1.165, 1.54) is 19.4 Å². The molecule has 6 unspecified atom stereocenters. The third kappa shape index (κ3) is 3.25. The molecule has 5 heteroatoms. The Morgan fingerprint density at radius 3 is 2.45 bits per heavy atom. The minimum Gasteiger partial charge on any atom is -0.462 e. The van der Waals surface area contributed by atoms with Crippen molar-refractivity contribution in [2.75, 3.05) is 0 Å². The van der Waals surface area contributed by atoms with Crippen LogP contribution in [0, 0.1) is 46.8 Å². The van der Waals surface area contributed by atoms with Gasteiger partial charge in [-0.15, -0.1) is 6.42 Å². The Hall–Kier alpha value is -1.80. The second kappa shape index (κ2) is 7.37. The standard InChI is InChI=1S/C26H36O5/c1-7-26(29)11-9-20-22-15(2)12-18-13-19(30-16(3)27)8-10-24(18,5)23(22)21(31-17(4)28)14-25(20,26)6/h1,12,15,19-23,29H,8-11,13-14H2,2-6H3/t15?,19?,20-,21+,22?,23?,24?,25?,26-/m0/s1. The van der Waals surface area contributed by atoms with Crippen LogP contribution in [-0.4, -0.2) is 34.9 Å². The maximum atomic E-state index is 12.1. The van der Waals surface area contributed by atoms with Crippen LogP contribution in [0.3, 0.4) is 0 Å². The van der Waals surface area contributed by atoms with Crippen molar-refractivity contribution in [3.8, 4) is 12.3 Å². The second-order valence-corrected chi connectivity index (χ2v) is 11.0. The van der Waals surface area contributed by atoms with Crippen molar-refractivity contribution in [2.45, 2.75) is 91.0 Å². The van der Waals surface area contributed by atoms with Crippen LogP contribution in [0.5, 0.6) is 0 Å². The fraction of sp³-hybridized carbons (Fsp3) is 0.769. The van der Waals surface area contributed by atoms with Crippen molar-refractivity contribution in [3.05, 3.63) is 11.6 Å². The fourth-order valence-corrected chi connectivity index (χ4v) is 7.95. The molecule has 3 saturated carbocycles. The van der Waals surface area contributed by atoms with Gasteiger partial charge < -0.3 is 14.6 Å². The van der Waals surface area contributed by atoms with Gasteiger partial charge in [0.2, 0.25) is 0 Å². The summed E-state index contributed by atoms with van der Waals surface area (Å²) in [4.78, 5) is 23.7. The highest BCUT2D eigenvalue weighted by molar-refractivity contribution is 5.66. The number of ether oxygens (including phenoxy) is 2. The molecule has 0 radical (unpaired) electrons. The lowest BCUT2D eigenvalue weighted by molar-refractivity contribution is -0.189. The van der Waals surface area contributed by atoms with Crippen LogP contribution in [0.1, 0.15) is 73.1 Å². The monoisotopic (exact) mass is 428 g/mol. The minimum absolute atomic E-state index is 0.0837. The van der Waals surface area contributed by atoms with E-state index in [1.54, 1.807) is 0 Å². The molecule has 0 aromatic heterocycles. The summed E-state index contributed by atoms with van der Waals surface area (Å²) >= 11 is 0. The Morgan fingerprint density at radius 2 is 1.84 bits per heavy atom. The minimum atomic E-state index is -1.17. The van der Waals surface area contributed by atoms with Gasteiger partial charge in [-0.25, -0.2) is 0 Å². The van der Waals surface area contributed by atoms with E-state index in [-0.39, 0.29) is 53.2 Å². The van der Waals surface area contributed by atoms with Gasteiger partial charge in [-0.3, -0.25) is 9.59 Å². The first-order valence-electron chi connectivity index (χ1n) is 11.7. The summed E-state index contributed by atoms with van der Waals surface area (Å²) in [5.74, 6) is 3.19. The van der Waals surface area contributed by atoms with Crippen molar-refractivity contribution in [1.82, 2.24) is 0 Å². The first-order chi connectivity index (χ1) is 14.4. The summed E-state index contributed by atoms with van der Waals surface area (Å²) in [6, 6.07) is 0. The van der Waals surface area contributed by atoms with Crippen molar-refractivity contribution < 1.29 is 24.2 Å². The maximum Gasteiger partial charge on any atom is 0.302 e. The van der Waals surface area contributed by atoms with Crippen molar-refractivity contribution >= 4 is 11.9 Å². The third-order valence-electron chi connectivity index (χ3n) is 9.35. The van der Waals surface area contributed by atoms with Crippen LogP contribution in [0.25, 0.3) is 0 Å². The highest BCUT2D eigenvalue weighted by atomic mass is 16.5. The zero-order chi connectivity index (χ0) is 22.8.